The Balaban J connectivity index is 1.71. The molecule has 0 saturated heterocycles. The molecule has 0 aliphatic heterocycles. The third-order valence-corrected chi connectivity index (χ3v) is 4.02. The second-order valence-electron chi connectivity index (χ2n) is 4.74. The zero-order chi connectivity index (χ0) is 14.4. The summed E-state index contributed by atoms with van der Waals surface area (Å²) in [5.74, 6) is 0.0110. The van der Waals surface area contributed by atoms with Gasteiger partial charge in [-0.2, -0.15) is 0 Å². The summed E-state index contributed by atoms with van der Waals surface area (Å²) < 4.78 is 7.05. The fraction of sp³-hybridized carbons (Fsp3) is 0.833. The number of hydrogen-bond donors (Lipinski definition) is 1. The summed E-state index contributed by atoms with van der Waals surface area (Å²) in [7, 11) is 0. The maximum absolute atomic E-state index is 11.9. The third-order valence-electron chi connectivity index (χ3n) is 2.98. The second-order valence-corrected chi connectivity index (χ2v) is 6.05. The highest BCUT2D eigenvalue weighted by atomic mass is 32.2. The third kappa shape index (κ3) is 4.45. The van der Waals surface area contributed by atoms with Crippen molar-refractivity contribution in [2.24, 2.45) is 0 Å². The first-order chi connectivity index (χ1) is 9.72. The van der Waals surface area contributed by atoms with Gasteiger partial charge in [-0.1, -0.05) is 11.8 Å². The lowest BCUT2D eigenvalue weighted by Crippen LogP contribution is -2.32. The Morgan fingerprint density at radius 2 is 2.40 bits per heavy atom. The first kappa shape index (κ1) is 15.2. The van der Waals surface area contributed by atoms with Gasteiger partial charge in [-0.15, -0.1) is 5.10 Å². The van der Waals surface area contributed by atoms with Crippen LogP contribution in [0.25, 0.3) is 0 Å². The molecule has 1 aliphatic carbocycles. The van der Waals surface area contributed by atoms with E-state index in [1.165, 1.54) is 11.8 Å². The Hall–Kier alpha value is -1.15. The number of nitrogens with one attached hydrogen (secondary N) is 1. The van der Waals surface area contributed by atoms with Crippen molar-refractivity contribution in [2.75, 3.05) is 19.8 Å². The fourth-order valence-corrected chi connectivity index (χ4v) is 2.58. The van der Waals surface area contributed by atoms with E-state index in [-0.39, 0.29) is 11.2 Å². The second kappa shape index (κ2) is 7.58. The topological polar surface area (TPSA) is 81.9 Å². The van der Waals surface area contributed by atoms with Crippen molar-refractivity contribution in [2.45, 2.75) is 49.6 Å². The highest BCUT2D eigenvalue weighted by molar-refractivity contribution is 8.00. The highest BCUT2D eigenvalue weighted by Crippen LogP contribution is 2.37. The van der Waals surface area contributed by atoms with E-state index in [9.17, 15) is 4.79 Å². The van der Waals surface area contributed by atoms with Crippen LogP contribution in [0.2, 0.25) is 0 Å². The zero-order valence-electron chi connectivity index (χ0n) is 11.9. The Bertz CT molecular complexity index is 435. The molecule has 2 rings (SSSR count). The average Bonchev–Trinajstić information content (AvgIpc) is 3.19. The van der Waals surface area contributed by atoms with Gasteiger partial charge in [0.25, 0.3) is 0 Å². The quantitative estimate of drug-likeness (QED) is 0.542. The normalized spacial score (nSPS) is 16.1. The summed E-state index contributed by atoms with van der Waals surface area (Å²) in [5.41, 5.74) is 0. The molecule has 1 aliphatic rings. The maximum Gasteiger partial charge on any atom is 0.233 e. The molecule has 7 nitrogen and oxygen atoms in total. The van der Waals surface area contributed by atoms with Crippen LogP contribution in [0.5, 0.6) is 0 Å². The molecule has 1 unspecified atom stereocenters. The number of hydrogen-bond acceptors (Lipinski definition) is 6. The molecule has 1 atom stereocenters. The molecule has 20 heavy (non-hydrogen) atoms. The monoisotopic (exact) mass is 299 g/mol. The lowest BCUT2D eigenvalue weighted by atomic mass is 10.4. The lowest BCUT2D eigenvalue weighted by molar-refractivity contribution is -0.120. The molecule has 1 aromatic rings. The van der Waals surface area contributed by atoms with Crippen molar-refractivity contribution in [1.29, 1.82) is 0 Å². The number of tetrazole rings is 1. The predicted octanol–water partition coefficient (Wildman–Crippen LogP) is 1.03. The van der Waals surface area contributed by atoms with Gasteiger partial charge in [0.2, 0.25) is 11.1 Å². The number of aromatic nitrogens is 4. The molecular formula is C12H21N5O2S. The van der Waals surface area contributed by atoms with E-state index in [0.29, 0.717) is 25.8 Å². The minimum atomic E-state index is -0.203. The summed E-state index contributed by atoms with van der Waals surface area (Å²) in [6.07, 6.45) is 3.07. The molecule has 1 heterocycles. The summed E-state index contributed by atoms with van der Waals surface area (Å²) in [5, 5.41) is 15.1. The molecule has 112 valence electrons. The number of carbonyl (C=O) groups excluding carboxylic acids is 1. The summed E-state index contributed by atoms with van der Waals surface area (Å²) in [6.45, 7) is 5.86. The molecular weight excluding hydrogens is 278 g/mol. The minimum absolute atomic E-state index is 0.0110. The van der Waals surface area contributed by atoms with Gasteiger partial charge in [0.1, 0.15) is 0 Å². The molecule has 1 fully saturated rings. The van der Waals surface area contributed by atoms with Crippen molar-refractivity contribution in [3.05, 3.63) is 0 Å². The van der Waals surface area contributed by atoms with Gasteiger partial charge in [-0.3, -0.25) is 4.79 Å². The van der Waals surface area contributed by atoms with E-state index in [4.69, 9.17) is 4.74 Å². The minimum Gasteiger partial charge on any atom is -0.382 e. The van der Waals surface area contributed by atoms with Crippen LogP contribution >= 0.6 is 11.8 Å². The van der Waals surface area contributed by atoms with Crippen LogP contribution in [0.1, 0.15) is 39.2 Å². The van der Waals surface area contributed by atoms with E-state index in [1.54, 1.807) is 0 Å². The van der Waals surface area contributed by atoms with E-state index in [2.05, 4.69) is 20.8 Å². The van der Waals surface area contributed by atoms with Gasteiger partial charge in [0.15, 0.2) is 0 Å². The molecule has 1 aromatic heterocycles. The van der Waals surface area contributed by atoms with Gasteiger partial charge < -0.3 is 10.1 Å². The smallest absolute Gasteiger partial charge is 0.233 e. The molecule has 0 bridgehead atoms. The van der Waals surface area contributed by atoms with Crippen LogP contribution in [0.4, 0.5) is 0 Å². The van der Waals surface area contributed by atoms with E-state index >= 15 is 0 Å². The molecule has 8 heteroatoms. The first-order valence-electron chi connectivity index (χ1n) is 7.02. The molecule has 0 radical (unpaired) electrons. The standard InChI is InChI=1S/C12H21N5O2S/c1-3-19-8-4-7-13-11(18)9(2)20-12-14-15-16-17(12)10-5-6-10/h9-10H,3-8H2,1-2H3,(H,13,18). The zero-order valence-corrected chi connectivity index (χ0v) is 12.7. The van der Waals surface area contributed by atoms with Crippen molar-refractivity contribution < 1.29 is 9.53 Å². The van der Waals surface area contributed by atoms with Gasteiger partial charge >= 0.3 is 0 Å². The summed E-state index contributed by atoms with van der Waals surface area (Å²) >= 11 is 1.41. The predicted molar refractivity (Wildman–Crippen MR) is 75.5 cm³/mol. The van der Waals surface area contributed by atoms with Crippen molar-refractivity contribution >= 4 is 17.7 Å². The largest absolute Gasteiger partial charge is 0.382 e. The van der Waals surface area contributed by atoms with Crippen LogP contribution in [-0.4, -0.2) is 51.1 Å². The van der Waals surface area contributed by atoms with Crippen LogP contribution in [0, 0.1) is 0 Å². The first-order valence-corrected chi connectivity index (χ1v) is 7.90. The number of thioether (sulfide) groups is 1. The van der Waals surface area contributed by atoms with Gasteiger partial charge in [0, 0.05) is 19.8 Å². The SMILES string of the molecule is CCOCCCNC(=O)C(C)Sc1nnnn1C1CC1. The van der Waals surface area contributed by atoms with E-state index in [0.717, 1.165) is 24.4 Å². The fourth-order valence-electron chi connectivity index (χ4n) is 1.70. The summed E-state index contributed by atoms with van der Waals surface area (Å²) in [4.78, 5) is 11.9. The van der Waals surface area contributed by atoms with E-state index < -0.39 is 0 Å². The van der Waals surface area contributed by atoms with Crippen LogP contribution in [-0.2, 0) is 9.53 Å². The van der Waals surface area contributed by atoms with Gasteiger partial charge in [-0.05, 0) is 43.5 Å². The molecule has 0 spiro atoms. The van der Waals surface area contributed by atoms with Crippen LogP contribution in [0.3, 0.4) is 0 Å². The number of ether oxygens (including phenoxy) is 1. The van der Waals surface area contributed by atoms with Crippen molar-refractivity contribution in [1.82, 2.24) is 25.5 Å². The van der Waals surface area contributed by atoms with Gasteiger partial charge in [-0.25, -0.2) is 4.68 Å². The molecule has 1 N–H and O–H groups in total. The Kier molecular flexibility index (Phi) is 5.78. The summed E-state index contributed by atoms with van der Waals surface area (Å²) in [6, 6.07) is 0.425. The number of carbonyl (C=O) groups is 1. The number of rotatable bonds is 9. The van der Waals surface area contributed by atoms with Crippen LogP contribution in [0.15, 0.2) is 5.16 Å². The van der Waals surface area contributed by atoms with Crippen molar-refractivity contribution in [3.8, 4) is 0 Å². The molecule has 1 saturated carbocycles. The lowest BCUT2D eigenvalue weighted by Gasteiger charge is -2.11. The van der Waals surface area contributed by atoms with Crippen molar-refractivity contribution in [3.63, 3.8) is 0 Å². The molecule has 1 amide bonds. The Morgan fingerprint density at radius 3 is 3.10 bits per heavy atom. The Labute approximate surface area is 122 Å². The van der Waals surface area contributed by atoms with E-state index in [1.807, 2.05) is 18.5 Å². The molecule has 0 aromatic carbocycles. The number of nitrogens with zero attached hydrogens (tertiary/aromatic N) is 4. The van der Waals surface area contributed by atoms with Gasteiger partial charge in [0.05, 0.1) is 11.3 Å². The highest BCUT2D eigenvalue weighted by Gasteiger charge is 2.29. The Morgan fingerprint density at radius 1 is 1.60 bits per heavy atom. The maximum atomic E-state index is 11.9. The van der Waals surface area contributed by atoms with Crippen LogP contribution < -0.4 is 5.32 Å². The average molecular weight is 299 g/mol. The number of amides is 1.